The van der Waals surface area contributed by atoms with Crippen molar-refractivity contribution in [2.24, 2.45) is 0 Å². The number of halogens is 1. The minimum Gasteiger partial charge on any atom is -0.469 e. The predicted molar refractivity (Wildman–Crippen MR) is 81.5 cm³/mol. The first-order valence-electron chi connectivity index (χ1n) is 6.67. The summed E-state index contributed by atoms with van der Waals surface area (Å²) in [5, 5.41) is 5.62. The van der Waals surface area contributed by atoms with E-state index >= 15 is 0 Å². The molecule has 0 saturated heterocycles. The molecular weight excluding hydrogens is 324 g/mol. The van der Waals surface area contributed by atoms with Crippen molar-refractivity contribution in [1.82, 2.24) is 10.6 Å². The average Bonchev–Trinajstić information content (AvgIpc) is 2.54. The lowest BCUT2D eigenvalue weighted by atomic mass is 9.94. The van der Waals surface area contributed by atoms with Crippen LogP contribution in [0.4, 0.5) is 4.79 Å². The zero-order valence-electron chi connectivity index (χ0n) is 12.5. The number of hydrogen-bond donors (Lipinski definition) is 2. The van der Waals surface area contributed by atoms with Crippen LogP contribution in [0.1, 0.15) is 18.0 Å². The van der Waals surface area contributed by atoms with Crippen LogP contribution in [0.2, 0.25) is 5.02 Å². The molecule has 122 valence electrons. The maximum absolute atomic E-state index is 12.2. The van der Waals surface area contributed by atoms with E-state index in [-0.39, 0.29) is 17.7 Å². The van der Waals surface area contributed by atoms with Crippen LogP contribution in [0.15, 0.2) is 35.5 Å². The predicted octanol–water partition coefficient (Wildman–Crippen LogP) is 1.68. The Kier molecular flexibility index (Phi) is 5.23. The highest BCUT2D eigenvalue weighted by Gasteiger charge is 2.34. The fraction of sp³-hybridized carbons (Fsp3) is 0.267. The molecule has 2 N–H and O–H groups in total. The van der Waals surface area contributed by atoms with E-state index in [0.29, 0.717) is 10.6 Å². The van der Waals surface area contributed by atoms with Crippen molar-refractivity contribution in [2.45, 2.75) is 12.5 Å². The van der Waals surface area contributed by atoms with E-state index in [2.05, 4.69) is 15.4 Å². The number of ether oxygens (including phenoxy) is 2. The molecular formula is C15H15ClN2O5. The van der Waals surface area contributed by atoms with Crippen LogP contribution < -0.4 is 10.6 Å². The third-order valence-corrected chi connectivity index (χ3v) is 3.56. The molecule has 7 nitrogen and oxygen atoms in total. The van der Waals surface area contributed by atoms with Gasteiger partial charge in [0.15, 0.2) is 0 Å². The number of esters is 2. The number of urea groups is 1. The highest BCUT2D eigenvalue weighted by Crippen LogP contribution is 2.29. The second-order valence-corrected chi connectivity index (χ2v) is 5.16. The van der Waals surface area contributed by atoms with Crippen molar-refractivity contribution in [2.75, 3.05) is 14.2 Å². The molecule has 1 atom stereocenters. The van der Waals surface area contributed by atoms with Crippen molar-refractivity contribution < 1.29 is 23.9 Å². The molecule has 0 spiro atoms. The molecule has 1 aromatic rings. The van der Waals surface area contributed by atoms with Gasteiger partial charge in [0.1, 0.15) is 0 Å². The summed E-state index contributed by atoms with van der Waals surface area (Å²) in [6.45, 7) is 0. The second-order valence-electron chi connectivity index (χ2n) is 4.72. The number of benzene rings is 1. The second kappa shape index (κ2) is 7.15. The van der Waals surface area contributed by atoms with E-state index in [9.17, 15) is 14.4 Å². The topological polar surface area (TPSA) is 93.7 Å². The first-order chi connectivity index (χ1) is 11.0. The van der Waals surface area contributed by atoms with Gasteiger partial charge in [-0.05, 0) is 17.7 Å². The third-order valence-electron chi connectivity index (χ3n) is 3.31. The minimum absolute atomic E-state index is 0.139. The molecule has 0 fully saturated rings. The molecule has 1 aliphatic rings. The Bertz CT molecular complexity index is 669. The Labute approximate surface area is 137 Å². The van der Waals surface area contributed by atoms with Gasteiger partial charge in [0.25, 0.3) is 0 Å². The fourth-order valence-corrected chi connectivity index (χ4v) is 2.36. The lowest BCUT2D eigenvalue weighted by molar-refractivity contribution is -0.139. The molecule has 2 amide bonds. The zero-order chi connectivity index (χ0) is 17.0. The van der Waals surface area contributed by atoms with Gasteiger partial charge in [-0.1, -0.05) is 23.7 Å². The van der Waals surface area contributed by atoms with Gasteiger partial charge in [-0.25, -0.2) is 9.59 Å². The smallest absolute Gasteiger partial charge is 0.337 e. The fourth-order valence-electron chi connectivity index (χ4n) is 2.23. The molecule has 1 aromatic carbocycles. The Balaban J connectivity index is 2.50. The van der Waals surface area contributed by atoms with Gasteiger partial charge in [0.2, 0.25) is 0 Å². The quantitative estimate of drug-likeness (QED) is 0.815. The first kappa shape index (κ1) is 16.8. The van der Waals surface area contributed by atoms with Crippen molar-refractivity contribution in [1.29, 1.82) is 0 Å². The number of amides is 2. The third kappa shape index (κ3) is 3.81. The summed E-state index contributed by atoms with van der Waals surface area (Å²) < 4.78 is 9.37. The van der Waals surface area contributed by atoms with Gasteiger partial charge >= 0.3 is 18.0 Å². The number of rotatable bonds is 4. The number of carbonyl (C=O) groups is 3. The molecule has 23 heavy (non-hydrogen) atoms. The molecule has 0 unspecified atom stereocenters. The van der Waals surface area contributed by atoms with Gasteiger partial charge in [0.05, 0.1) is 32.3 Å². The Morgan fingerprint density at radius 1 is 1.17 bits per heavy atom. The number of methoxy groups -OCH3 is 2. The Hall–Kier alpha value is -2.54. The molecule has 1 heterocycles. The SMILES string of the molecule is COC(=O)CC1=C(C(=O)OC)[C@H](c2ccc(Cl)cc2)NC(=O)N1. The van der Waals surface area contributed by atoms with Crippen molar-refractivity contribution in [3.8, 4) is 0 Å². The van der Waals surface area contributed by atoms with E-state index in [1.807, 2.05) is 0 Å². The summed E-state index contributed by atoms with van der Waals surface area (Å²) in [5.41, 5.74) is 0.916. The number of nitrogens with one attached hydrogen (secondary N) is 2. The summed E-state index contributed by atoms with van der Waals surface area (Å²) >= 11 is 5.86. The summed E-state index contributed by atoms with van der Waals surface area (Å²) in [5.74, 6) is -1.24. The number of carbonyl (C=O) groups excluding carboxylic acids is 3. The van der Waals surface area contributed by atoms with Gasteiger partial charge in [-0.2, -0.15) is 0 Å². The van der Waals surface area contributed by atoms with E-state index in [1.165, 1.54) is 14.2 Å². The first-order valence-corrected chi connectivity index (χ1v) is 7.05. The van der Waals surface area contributed by atoms with E-state index in [1.54, 1.807) is 24.3 Å². The Morgan fingerprint density at radius 3 is 2.39 bits per heavy atom. The molecule has 2 rings (SSSR count). The minimum atomic E-state index is -0.756. The molecule has 0 aliphatic carbocycles. The summed E-state index contributed by atoms with van der Waals surface area (Å²) in [4.78, 5) is 35.6. The highest BCUT2D eigenvalue weighted by atomic mass is 35.5. The summed E-state index contributed by atoms with van der Waals surface area (Å²) in [6.07, 6.45) is -0.252. The lowest BCUT2D eigenvalue weighted by Crippen LogP contribution is -2.46. The maximum Gasteiger partial charge on any atom is 0.337 e. The van der Waals surface area contributed by atoms with E-state index in [0.717, 1.165) is 0 Å². The van der Waals surface area contributed by atoms with E-state index < -0.39 is 24.0 Å². The van der Waals surface area contributed by atoms with Crippen molar-refractivity contribution in [3.05, 3.63) is 46.1 Å². The van der Waals surface area contributed by atoms with Crippen LogP contribution in [-0.4, -0.2) is 32.2 Å². The summed E-state index contributed by atoms with van der Waals surface area (Å²) in [6, 6.07) is 5.35. The van der Waals surface area contributed by atoms with Gasteiger partial charge in [0, 0.05) is 10.7 Å². The lowest BCUT2D eigenvalue weighted by Gasteiger charge is -2.28. The van der Waals surface area contributed by atoms with Crippen LogP contribution in [0.5, 0.6) is 0 Å². The number of hydrogen-bond acceptors (Lipinski definition) is 5. The molecule has 0 radical (unpaired) electrons. The summed E-state index contributed by atoms with van der Waals surface area (Å²) in [7, 11) is 2.45. The van der Waals surface area contributed by atoms with Gasteiger partial charge < -0.3 is 20.1 Å². The normalized spacial score (nSPS) is 17.2. The Morgan fingerprint density at radius 2 is 1.83 bits per heavy atom. The molecule has 0 bridgehead atoms. The van der Waals surface area contributed by atoms with Crippen molar-refractivity contribution in [3.63, 3.8) is 0 Å². The van der Waals surface area contributed by atoms with Gasteiger partial charge in [-0.3, -0.25) is 4.79 Å². The molecule has 0 aromatic heterocycles. The van der Waals surface area contributed by atoms with Crippen LogP contribution in [0.3, 0.4) is 0 Å². The monoisotopic (exact) mass is 338 g/mol. The largest absolute Gasteiger partial charge is 0.469 e. The average molecular weight is 339 g/mol. The highest BCUT2D eigenvalue weighted by molar-refractivity contribution is 6.30. The molecule has 1 aliphatic heterocycles. The molecule has 8 heteroatoms. The van der Waals surface area contributed by atoms with Crippen LogP contribution in [-0.2, 0) is 19.1 Å². The van der Waals surface area contributed by atoms with Crippen LogP contribution in [0.25, 0.3) is 0 Å². The maximum atomic E-state index is 12.2. The van der Waals surface area contributed by atoms with Gasteiger partial charge in [-0.15, -0.1) is 0 Å². The van der Waals surface area contributed by atoms with Crippen LogP contribution >= 0.6 is 11.6 Å². The van der Waals surface area contributed by atoms with E-state index in [4.69, 9.17) is 16.3 Å². The van der Waals surface area contributed by atoms with Crippen LogP contribution in [0, 0.1) is 0 Å². The standard InChI is InChI=1S/C15H15ClN2O5/c1-22-11(19)7-10-12(14(20)23-2)13(18-15(21)17-10)8-3-5-9(16)6-4-8/h3-6,13H,7H2,1-2H3,(H2,17,18,21)/t13-/m0/s1. The zero-order valence-corrected chi connectivity index (χ0v) is 13.3. The van der Waals surface area contributed by atoms with Crippen molar-refractivity contribution >= 4 is 29.6 Å². The molecule has 0 saturated carbocycles.